The molecule has 1 aliphatic heterocycles. The Bertz CT molecular complexity index is 592. The number of nitrogens with zero attached hydrogens (tertiary/aromatic N) is 1. The number of nitrogens with one attached hydrogen (secondary N) is 2. The molecule has 2 amide bonds. The Morgan fingerprint density at radius 3 is 2.38 bits per heavy atom. The van der Waals surface area contributed by atoms with Crippen molar-refractivity contribution in [1.29, 1.82) is 0 Å². The SMILES string of the molecule is O=C(NCCNC1CCCCCC1)c1ccc(CN2CCCC2=O)cc1. The molecule has 1 aliphatic carbocycles. The minimum absolute atomic E-state index is 0.0311. The van der Waals surface area contributed by atoms with E-state index in [2.05, 4.69) is 10.6 Å². The normalized spacial score (nSPS) is 18.8. The van der Waals surface area contributed by atoms with Crippen LogP contribution in [0.15, 0.2) is 24.3 Å². The maximum Gasteiger partial charge on any atom is 0.251 e. The van der Waals surface area contributed by atoms with Gasteiger partial charge in [-0.1, -0.05) is 37.8 Å². The second kappa shape index (κ2) is 9.72. The van der Waals surface area contributed by atoms with Gasteiger partial charge in [0.15, 0.2) is 0 Å². The highest BCUT2D eigenvalue weighted by molar-refractivity contribution is 5.94. The van der Waals surface area contributed by atoms with E-state index >= 15 is 0 Å². The van der Waals surface area contributed by atoms with Crippen molar-refractivity contribution < 1.29 is 9.59 Å². The number of likely N-dealkylation sites (tertiary alicyclic amines) is 1. The number of rotatable bonds is 7. The minimum Gasteiger partial charge on any atom is -0.351 e. The summed E-state index contributed by atoms with van der Waals surface area (Å²) >= 11 is 0. The fourth-order valence-corrected chi connectivity index (χ4v) is 3.89. The first-order valence-electron chi connectivity index (χ1n) is 10.1. The molecule has 2 aliphatic rings. The molecule has 1 heterocycles. The molecule has 0 aromatic heterocycles. The summed E-state index contributed by atoms with van der Waals surface area (Å²) in [4.78, 5) is 25.8. The summed E-state index contributed by atoms with van der Waals surface area (Å²) in [7, 11) is 0. The number of carbonyl (C=O) groups is 2. The van der Waals surface area contributed by atoms with Crippen molar-refractivity contribution in [2.75, 3.05) is 19.6 Å². The number of hydrogen-bond acceptors (Lipinski definition) is 3. The van der Waals surface area contributed by atoms with Crippen LogP contribution in [0, 0.1) is 0 Å². The molecule has 1 saturated heterocycles. The average molecular weight is 357 g/mol. The van der Waals surface area contributed by atoms with Gasteiger partial charge in [-0.05, 0) is 37.0 Å². The molecule has 0 spiro atoms. The van der Waals surface area contributed by atoms with Gasteiger partial charge in [-0.15, -0.1) is 0 Å². The van der Waals surface area contributed by atoms with Crippen LogP contribution in [0.5, 0.6) is 0 Å². The lowest BCUT2D eigenvalue weighted by Gasteiger charge is -2.16. The van der Waals surface area contributed by atoms with Gasteiger partial charge in [0.2, 0.25) is 5.91 Å². The molecule has 26 heavy (non-hydrogen) atoms. The van der Waals surface area contributed by atoms with Gasteiger partial charge in [0, 0.05) is 44.2 Å². The van der Waals surface area contributed by atoms with Crippen LogP contribution in [0.1, 0.15) is 67.3 Å². The average Bonchev–Trinajstić information content (AvgIpc) is 2.90. The van der Waals surface area contributed by atoms with Crippen molar-refractivity contribution in [2.45, 2.75) is 64.0 Å². The van der Waals surface area contributed by atoms with Crippen molar-refractivity contribution in [3.05, 3.63) is 35.4 Å². The zero-order chi connectivity index (χ0) is 18.2. The van der Waals surface area contributed by atoms with Gasteiger partial charge in [0.1, 0.15) is 0 Å². The molecule has 1 saturated carbocycles. The number of hydrogen-bond donors (Lipinski definition) is 2. The van der Waals surface area contributed by atoms with Crippen molar-refractivity contribution in [2.24, 2.45) is 0 Å². The molecule has 5 nitrogen and oxygen atoms in total. The third-order valence-electron chi connectivity index (χ3n) is 5.46. The Labute approximate surface area is 156 Å². The Balaban J connectivity index is 1.38. The molecule has 5 heteroatoms. The summed E-state index contributed by atoms with van der Waals surface area (Å²) in [5.74, 6) is 0.199. The van der Waals surface area contributed by atoms with Crippen molar-refractivity contribution >= 4 is 11.8 Å². The van der Waals surface area contributed by atoms with Crippen LogP contribution in [0.4, 0.5) is 0 Å². The topological polar surface area (TPSA) is 61.4 Å². The van der Waals surface area contributed by atoms with E-state index in [4.69, 9.17) is 0 Å². The summed E-state index contributed by atoms with van der Waals surface area (Å²) < 4.78 is 0. The Morgan fingerprint density at radius 2 is 1.73 bits per heavy atom. The van der Waals surface area contributed by atoms with Crippen LogP contribution in [-0.2, 0) is 11.3 Å². The van der Waals surface area contributed by atoms with E-state index in [0.29, 0.717) is 31.1 Å². The summed E-state index contributed by atoms with van der Waals surface area (Å²) in [6.45, 7) is 2.96. The molecular weight excluding hydrogens is 326 g/mol. The van der Waals surface area contributed by atoms with E-state index in [1.807, 2.05) is 29.2 Å². The first kappa shape index (κ1) is 18.9. The summed E-state index contributed by atoms with van der Waals surface area (Å²) in [5.41, 5.74) is 1.75. The molecule has 1 aromatic rings. The van der Waals surface area contributed by atoms with E-state index in [1.54, 1.807) is 0 Å². The molecular formula is C21H31N3O2. The second-order valence-electron chi connectivity index (χ2n) is 7.51. The lowest BCUT2D eigenvalue weighted by atomic mass is 10.1. The smallest absolute Gasteiger partial charge is 0.251 e. The highest BCUT2D eigenvalue weighted by atomic mass is 16.2. The van der Waals surface area contributed by atoms with E-state index in [0.717, 1.165) is 25.1 Å². The van der Waals surface area contributed by atoms with Crippen LogP contribution in [0.2, 0.25) is 0 Å². The van der Waals surface area contributed by atoms with Crippen LogP contribution in [-0.4, -0.2) is 42.4 Å². The Morgan fingerprint density at radius 1 is 1.00 bits per heavy atom. The standard InChI is InChI=1S/C21H31N3O2/c25-20-8-5-15-24(20)16-17-9-11-18(12-10-17)21(26)23-14-13-22-19-6-3-1-2-4-7-19/h9-12,19,22H,1-8,13-16H2,(H,23,26). The van der Waals surface area contributed by atoms with Crippen molar-refractivity contribution in [3.8, 4) is 0 Å². The fraction of sp³-hybridized carbons (Fsp3) is 0.619. The number of amides is 2. The lowest BCUT2D eigenvalue weighted by Crippen LogP contribution is -2.36. The Hall–Kier alpha value is -1.88. The number of benzene rings is 1. The molecule has 0 radical (unpaired) electrons. The second-order valence-corrected chi connectivity index (χ2v) is 7.51. The monoisotopic (exact) mass is 357 g/mol. The zero-order valence-corrected chi connectivity index (χ0v) is 15.6. The van der Waals surface area contributed by atoms with Crippen LogP contribution >= 0.6 is 0 Å². The lowest BCUT2D eigenvalue weighted by molar-refractivity contribution is -0.128. The predicted octanol–water partition coefficient (Wildman–Crippen LogP) is 2.85. The van der Waals surface area contributed by atoms with Gasteiger partial charge in [-0.3, -0.25) is 9.59 Å². The maximum atomic E-state index is 12.3. The predicted molar refractivity (Wildman–Crippen MR) is 103 cm³/mol. The van der Waals surface area contributed by atoms with Crippen molar-refractivity contribution in [3.63, 3.8) is 0 Å². The van der Waals surface area contributed by atoms with Gasteiger partial charge in [0.05, 0.1) is 0 Å². The first-order valence-corrected chi connectivity index (χ1v) is 10.1. The van der Waals surface area contributed by atoms with Gasteiger partial charge in [0.25, 0.3) is 5.91 Å². The summed E-state index contributed by atoms with van der Waals surface area (Å²) in [6, 6.07) is 8.21. The van der Waals surface area contributed by atoms with Crippen molar-refractivity contribution in [1.82, 2.24) is 15.5 Å². The van der Waals surface area contributed by atoms with E-state index < -0.39 is 0 Å². The molecule has 0 unspecified atom stereocenters. The van der Waals surface area contributed by atoms with Gasteiger partial charge in [-0.25, -0.2) is 0 Å². The third kappa shape index (κ3) is 5.56. The van der Waals surface area contributed by atoms with Gasteiger partial charge in [-0.2, -0.15) is 0 Å². The van der Waals surface area contributed by atoms with Gasteiger partial charge >= 0.3 is 0 Å². The molecule has 0 atom stereocenters. The zero-order valence-electron chi connectivity index (χ0n) is 15.6. The molecule has 2 N–H and O–H groups in total. The molecule has 2 fully saturated rings. The highest BCUT2D eigenvalue weighted by Gasteiger charge is 2.20. The minimum atomic E-state index is -0.0311. The Kier molecular flexibility index (Phi) is 7.06. The number of carbonyl (C=O) groups excluding carboxylic acids is 2. The van der Waals surface area contributed by atoms with Crippen LogP contribution in [0.25, 0.3) is 0 Å². The maximum absolute atomic E-state index is 12.3. The van der Waals surface area contributed by atoms with Crippen LogP contribution in [0.3, 0.4) is 0 Å². The fourth-order valence-electron chi connectivity index (χ4n) is 3.89. The van der Waals surface area contributed by atoms with Crippen LogP contribution < -0.4 is 10.6 Å². The molecule has 142 valence electrons. The van der Waals surface area contributed by atoms with E-state index in [9.17, 15) is 9.59 Å². The van der Waals surface area contributed by atoms with E-state index in [1.165, 1.54) is 38.5 Å². The summed E-state index contributed by atoms with van der Waals surface area (Å²) in [5, 5.41) is 6.56. The quantitative estimate of drug-likeness (QED) is 0.583. The van der Waals surface area contributed by atoms with Gasteiger partial charge < -0.3 is 15.5 Å². The summed E-state index contributed by atoms with van der Waals surface area (Å²) in [6.07, 6.45) is 9.49. The largest absolute Gasteiger partial charge is 0.351 e. The molecule has 3 rings (SSSR count). The third-order valence-corrected chi connectivity index (χ3v) is 5.46. The first-order chi connectivity index (χ1) is 12.7. The van der Waals surface area contributed by atoms with E-state index in [-0.39, 0.29) is 11.8 Å². The highest BCUT2D eigenvalue weighted by Crippen LogP contribution is 2.17. The molecule has 0 bridgehead atoms. The molecule has 1 aromatic carbocycles.